The molecule has 8 heteroatoms. The molecule has 2 aliphatic rings. The minimum atomic E-state index is -0.266. The van der Waals surface area contributed by atoms with Crippen molar-refractivity contribution >= 4 is 5.91 Å². The minimum absolute atomic E-state index is 0.102. The SMILES string of the molecule is Cc1noc(C)c1CC(=O)N1CCCC(CC2CC2)(c2noc(-c3cccnc3)n2)C1. The molecular formula is C23H27N5O3. The van der Waals surface area contributed by atoms with Gasteiger partial charge in [0.25, 0.3) is 5.89 Å². The zero-order valence-corrected chi connectivity index (χ0v) is 18.0. The molecule has 0 aromatic carbocycles. The Labute approximate surface area is 181 Å². The van der Waals surface area contributed by atoms with Crippen LogP contribution >= 0.6 is 0 Å². The van der Waals surface area contributed by atoms with Crippen LogP contribution in [0.5, 0.6) is 0 Å². The molecule has 3 aromatic heterocycles. The largest absolute Gasteiger partial charge is 0.361 e. The van der Waals surface area contributed by atoms with E-state index >= 15 is 0 Å². The van der Waals surface area contributed by atoms with Crippen LogP contribution in [0.1, 0.15) is 54.9 Å². The van der Waals surface area contributed by atoms with E-state index in [0.29, 0.717) is 36.4 Å². The summed E-state index contributed by atoms with van der Waals surface area (Å²) in [5, 5.41) is 8.38. The summed E-state index contributed by atoms with van der Waals surface area (Å²) in [4.78, 5) is 24.1. The summed E-state index contributed by atoms with van der Waals surface area (Å²) in [6.07, 6.45) is 9.12. The van der Waals surface area contributed by atoms with Crippen molar-refractivity contribution < 1.29 is 13.8 Å². The summed E-state index contributed by atoms with van der Waals surface area (Å²) in [6, 6.07) is 3.77. The fraction of sp³-hybridized carbons (Fsp3) is 0.522. The highest BCUT2D eigenvalue weighted by molar-refractivity contribution is 5.79. The molecule has 1 atom stereocenters. The molecule has 1 saturated heterocycles. The van der Waals surface area contributed by atoms with Crippen LogP contribution in [0.2, 0.25) is 0 Å². The predicted molar refractivity (Wildman–Crippen MR) is 112 cm³/mol. The van der Waals surface area contributed by atoms with Crippen molar-refractivity contribution in [3.63, 3.8) is 0 Å². The number of piperidine rings is 1. The van der Waals surface area contributed by atoms with Crippen molar-refractivity contribution in [1.29, 1.82) is 0 Å². The molecule has 5 rings (SSSR count). The first-order valence-electron chi connectivity index (χ1n) is 11.0. The lowest BCUT2D eigenvalue weighted by Gasteiger charge is -2.41. The first kappa shape index (κ1) is 19.9. The average molecular weight is 422 g/mol. The number of likely N-dealkylation sites (tertiary alicyclic amines) is 1. The molecule has 8 nitrogen and oxygen atoms in total. The molecule has 1 saturated carbocycles. The second-order valence-electron chi connectivity index (χ2n) is 8.99. The van der Waals surface area contributed by atoms with Crippen LogP contribution in [-0.2, 0) is 16.6 Å². The molecule has 0 N–H and O–H groups in total. The molecular weight excluding hydrogens is 394 g/mol. The molecule has 0 radical (unpaired) electrons. The van der Waals surface area contributed by atoms with Crippen LogP contribution in [-0.4, -0.2) is 44.2 Å². The van der Waals surface area contributed by atoms with Gasteiger partial charge in [0.15, 0.2) is 5.82 Å². The second kappa shape index (κ2) is 7.90. The van der Waals surface area contributed by atoms with Gasteiger partial charge in [0.1, 0.15) is 5.76 Å². The van der Waals surface area contributed by atoms with Gasteiger partial charge in [0.2, 0.25) is 5.91 Å². The Morgan fingerprint density at radius 2 is 2.13 bits per heavy atom. The second-order valence-corrected chi connectivity index (χ2v) is 8.99. The third-order valence-corrected chi connectivity index (χ3v) is 6.62. The summed E-state index contributed by atoms with van der Waals surface area (Å²) < 4.78 is 10.9. The highest BCUT2D eigenvalue weighted by Gasteiger charge is 2.45. The molecule has 2 fully saturated rings. The first-order chi connectivity index (χ1) is 15.0. The van der Waals surface area contributed by atoms with E-state index in [9.17, 15) is 4.79 Å². The number of pyridine rings is 1. The minimum Gasteiger partial charge on any atom is -0.361 e. The third kappa shape index (κ3) is 3.98. The summed E-state index contributed by atoms with van der Waals surface area (Å²) in [6.45, 7) is 5.11. The molecule has 0 spiro atoms. The molecule has 1 aliphatic heterocycles. The predicted octanol–water partition coefficient (Wildman–Crippen LogP) is 3.64. The monoisotopic (exact) mass is 421 g/mol. The van der Waals surface area contributed by atoms with Gasteiger partial charge in [-0.1, -0.05) is 23.2 Å². The zero-order valence-electron chi connectivity index (χ0n) is 18.0. The Kier molecular flexibility index (Phi) is 5.08. The third-order valence-electron chi connectivity index (χ3n) is 6.62. The van der Waals surface area contributed by atoms with Gasteiger partial charge in [-0.15, -0.1) is 0 Å². The van der Waals surface area contributed by atoms with Crippen LogP contribution in [0.3, 0.4) is 0 Å². The van der Waals surface area contributed by atoms with Crippen molar-refractivity contribution in [1.82, 2.24) is 25.2 Å². The number of hydrogen-bond acceptors (Lipinski definition) is 7. The van der Waals surface area contributed by atoms with Crippen LogP contribution < -0.4 is 0 Å². The Morgan fingerprint density at radius 1 is 1.26 bits per heavy atom. The van der Waals surface area contributed by atoms with Crippen LogP contribution in [0.25, 0.3) is 11.5 Å². The van der Waals surface area contributed by atoms with E-state index in [2.05, 4.69) is 15.3 Å². The molecule has 162 valence electrons. The van der Waals surface area contributed by atoms with Crippen molar-refractivity contribution in [3.8, 4) is 11.5 Å². The molecule has 1 amide bonds. The Hall–Kier alpha value is -3.03. The summed E-state index contributed by atoms with van der Waals surface area (Å²) in [5.41, 5.74) is 2.22. The van der Waals surface area contributed by atoms with Crippen molar-refractivity contribution in [2.24, 2.45) is 5.92 Å². The highest BCUT2D eigenvalue weighted by atomic mass is 16.5. The van der Waals surface area contributed by atoms with Gasteiger partial charge in [-0.2, -0.15) is 4.98 Å². The van der Waals surface area contributed by atoms with Crippen molar-refractivity contribution in [3.05, 3.63) is 47.4 Å². The van der Waals surface area contributed by atoms with Gasteiger partial charge in [-0.05, 0) is 51.2 Å². The molecule has 4 heterocycles. The maximum Gasteiger partial charge on any atom is 0.259 e. The van der Waals surface area contributed by atoms with Crippen LogP contribution in [0.4, 0.5) is 0 Å². The summed E-state index contributed by atoms with van der Waals surface area (Å²) in [7, 11) is 0. The number of aromatic nitrogens is 4. The molecule has 1 aliphatic carbocycles. The van der Waals surface area contributed by atoms with Crippen LogP contribution in [0, 0.1) is 19.8 Å². The maximum absolute atomic E-state index is 13.2. The van der Waals surface area contributed by atoms with Crippen molar-refractivity contribution in [2.45, 2.75) is 57.8 Å². The lowest BCUT2D eigenvalue weighted by molar-refractivity contribution is -0.133. The Morgan fingerprint density at radius 3 is 2.84 bits per heavy atom. The van der Waals surface area contributed by atoms with E-state index in [1.165, 1.54) is 12.8 Å². The number of hydrogen-bond donors (Lipinski definition) is 0. The lowest BCUT2D eigenvalue weighted by atomic mass is 9.74. The maximum atomic E-state index is 13.2. The number of nitrogens with zero attached hydrogens (tertiary/aromatic N) is 5. The van der Waals surface area contributed by atoms with E-state index in [-0.39, 0.29) is 11.3 Å². The van der Waals surface area contributed by atoms with Gasteiger partial charge in [-0.25, -0.2) is 0 Å². The molecule has 3 aromatic rings. The van der Waals surface area contributed by atoms with Gasteiger partial charge in [-0.3, -0.25) is 9.78 Å². The standard InChI is InChI=1S/C23H27N5O3/c1-15-19(16(2)30-26-15)11-20(29)28-10-4-8-23(14-28,12-17-6-7-17)22-25-21(31-27-22)18-5-3-9-24-13-18/h3,5,9,13,17H,4,6-8,10-12,14H2,1-2H3. The Balaban J connectivity index is 1.40. The van der Waals surface area contributed by atoms with Gasteiger partial charge in [0.05, 0.1) is 23.1 Å². The molecule has 0 bridgehead atoms. The highest BCUT2D eigenvalue weighted by Crippen LogP contribution is 2.46. The average Bonchev–Trinajstić information content (AvgIpc) is 3.34. The fourth-order valence-corrected chi connectivity index (χ4v) is 4.72. The number of aryl methyl sites for hydroxylation is 2. The number of carbonyl (C=O) groups excluding carboxylic acids is 1. The van der Waals surface area contributed by atoms with Crippen molar-refractivity contribution in [2.75, 3.05) is 13.1 Å². The number of carbonyl (C=O) groups is 1. The van der Waals surface area contributed by atoms with Gasteiger partial charge < -0.3 is 13.9 Å². The Bertz CT molecular complexity index is 1050. The first-order valence-corrected chi connectivity index (χ1v) is 11.0. The van der Waals surface area contributed by atoms with E-state index in [1.54, 1.807) is 12.4 Å². The normalized spacial score (nSPS) is 21.4. The van der Waals surface area contributed by atoms with E-state index < -0.39 is 0 Å². The van der Waals surface area contributed by atoms with E-state index in [0.717, 1.165) is 42.6 Å². The fourth-order valence-electron chi connectivity index (χ4n) is 4.72. The van der Waals surface area contributed by atoms with E-state index in [4.69, 9.17) is 14.0 Å². The van der Waals surface area contributed by atoms with Crippen LogP contribution in [0.15, 0.2) is 33.6 Å². The lowest BCUT2D eigenvalue weighted by Crippen LogP contribution is -2.49. The topological polar surface area (TPSA) is 98.2 Å². The van der Waals surface area contributed by atoms with Gasteiger partial charge in [0, 0.05) is 31.0 Å². The van der Waals surface area contributed by atoms with Gasteiger partial charge >= 0.3 is 0 Å². The molecule has 31 heavy (non-hydrogen) atoms. The quantitative estimate of drug-likeness (QED) is 0.599. The molecule has 1 unspecified atom stereocenters. The zero-order chi connectivity index (χ0) is 21.4. The number of amides is 1. The van der Waals surface area contributed by atoms with E-state index in [1.807, 2.05) is 30.9 Å². The summed E-state index contributed by atoms with van der Waals surface area (Å²) >= 11 is 0. The number of rotatable bonds is 6. The smallest absolute Gasteiger partial charge is 0.259 e. The summed E-state index contributed by atoms with van der Waals surface area (Å²) in [5.74, 6) is 2.69.